The highest BCUT2D eigenvalue weighted by Crippen LogP contribution is 2.20. The molecule has 0 aliphatic carbocycles. The van der Waals surface area contributed by atoms with Crippen LogP contribution in [-0.4, -0.2) is 36.0 Å². The zero-order chi connectivity index (χ0) is 13.1. The average Bonchev–Trinajstić information content (AvgIpc) is 2.55. The quantitative estimate of drug-likeness (QED) is 0.796. The lowest BCUT2D eigenvalue weighted by atomic mass is 10.2. The van der Waals surface area contributed by atoms with Gasteiger partial charge < -0.3 is 5.11 Å². The Bertz CT molecular complexity index is 452. The van der Waals surface area contributed by atoms with E-state index < -0.39 is 10.0 Å². The summed E-state index contributed by atoms with van der Waals surface area (Å²) in [6.45, 7) is 1.77. The molecule has 0 aromatic carbocycles. The van der Waals surface area contributed by atoms with Crippen molar-refractivity contribution in [2.24, 2.45) is 7.05 Å². The van der Waals surface area contributed by atoms with Crippen molar-refractivity contribution >= 4 is 21.6 Å². The summed E-state index contributed by atoms with van der Waals surface area (Å²) >= 11 is 5.77. The first-order valence-corrected chi connectivity index (χ1v) is 7.05. The van der Waals surface area contributed by atoms with Gasteiger partial charge in [0.15, 0.2) is 5.03 Å². The van der Waals surface area contributed by atoms with Gasteiger partial charge in [-0.1, -0.05) is 11.6 Å². The lowest BCUT2D eigenvalue weighted by molar-refractivity contribution is 0.279. The van der Waals surface area contributed by atoms with Gasteiger partial charge in [0.05, 0.1) is 11.2 Å². The summed E-state index contributed by atoms with van der Waals surface area (Å²) in [7, 11) is -2.16. The van der Waals surface area contributed by atoms with Crippen LogP contribution < -0.4 is 4.72 Å². The molecule has 0 bridgehead atoms. The van der Waals surface area contributed by atoms with E-state index in [0.29, 0.717) is 12.8 Å². The van der Waals surface area contributed by atoms with Crippen LogP contribution in [0.3, 0.4) is 0 Å². The molecule has 1 heterocycles. The molecule has 0 spiro atoms. The lowest BCUT2D eigenvalue weighted by Crippen LogP contribution is -2.34. The molecule has 1 atom stereocenters. The number of rotatable bonds is 6. The van der Waals surface area contributed by atoms with Gasteiger partial charge in [-0.3, -0.25) is 4.68 Å². The summed E-state index contributed by atoms with van der Waals surface area (Å²) in [5.74, 6) is 0. The standard InChI is InChI=1S/C9H16ClN3O3S/c1-7(4-3-5-14)12-17(15,16)9-8(10)6-11-13(9)2/h6-7,12,14H,3-5H2,1-2H3. The topological polar surface area (TPSA) is 84.2 Å². The van der Waals surface area contributed by atoms with Crippen LogP contribution >= 0.6 is 11.6 Å². The molecule has 2 N–H and O–H groups in total. The third kappa shape index (κ3) is 3.67. The molecule has 6 nitrogen and oxygen atoms in total. The molecule has 0 aliphatic heterocycles. The first-order chi connectivity index (χ1) is 7.88. The predicted molar refractivity (Wildman–Crippen MR) is 64.3 cm³/mol. The number of sulfonamides is 1. The summed E-state index contributed by atoms with van der Waals surface area (Å²) in [6, 6.07) is -0.266. The molecule has 0 saturated carbocycles. The monoisotopic (exact) mass is 281 g/mol. The molecule has 1 rings (SSSR count). The summed E-state index contributed by atoms with van der Waals surface area (Å²) in [4.78, 5) is 0. The second-order valence-electron chi connectivity index (χ2n) is 3.81. The first-order valence-electron chi connectivity index (χ1n) is 5.19. The van der Waals surface area contributed by atoms with Gasteiger partial charge >= 0.3 is 0 Å². The number of aromatic nitrogens is 2. The molecule has 0 aliphatic rings. The molecule has 1 aromatic heterocycles. The number of halogens is 1. The van der Waals surface area contributed by atoms with E-state index in [1.165, 1.54) is 17.9 Å². The first kappa shape index (κ1) is 14.4. The van der Waals surface area contributed by atoms with Crippen molar-refractivity contribution in [3.63, 3.8) is 0 Å². The molecule has 17 heavy (non-hydrogen) atoms. The number of nitrogens with one attached hydrogen (secondary N) is 1. The summed E-state index contributed by atoms with van der Waals surface area (Å²) in [5, 5.41) is 12.5. The van der Waals surface area contributed by atoms with Crippen molar-refractivity contribution in [1.29, 1.82) is 0 Å². The van der Waals surface area contributed by atoms with E-state index in [9.17, 15) is 8.42 Å². The third-order valence-corrected chi connectivity index (χ3v) is 4.34. The molecule has 0 radical (unpaired) electrons. The number of aryl methyl sites for hydroxylation is 1. The number of hydrogen-bond acceptors (Lipinski definition) is 4. The fraction of sp³-hybridized carbons (Fsp3) is 0.667. The maximum atomic E-state index is 12.0. The van der Waals surface area contributed by atoms with Crippen LogP contribution in [0.5, 0.6) is 0 Å². The van der Waals surface area contributed by atoms with Crippen LogP contribution in [0.1, 0.15) is 19.8 Å². The van der Waals surface area contributed by atoms with E-state index in [2.05, 4.69) is 9.82 Å². The Morgan fingerprint density at radius 1 is 1.65 bits per heavy atom. The predicted octanol–water partition coefficient (Wildman–Crippen LogP) is 0.513. The fourth-order valence-electron chi connectivity index (χ4n) is 1.48. The largest absolute Gasteiger partial charge is 0.396 e. The smallest absolute Gasteiger partial charge is 0.259 e. The summed E-state index contributed by atoms with van der Waals surface area (Å²) in [6.07, 6.45) is 2.39. The van der Waals surface area contributed by atoms with Gasteiger partial charge in [-0.2, -0.15) is 5.10 Å². The van der Waals surface area contributed by atoms with Crippen LogP contribution in [0.15, 0.2) is 11.2 Å². The zero-order valence-corrected chi connectivity index (χ0v) is 11.3. The molecular formula is C9H16ClN3O3S. The fourth-order valence-corrected chi connectivity index (χ4v) is 3.41. The molecule has 0 amide bonds. The third-order valence-electron chi connectivity index (χ3n) is 2.25. The summed E-state index contributed by atoms with van der Waals surface area (Å²) < 4.78 is 27.7. The Labute approximate surface area is 106 Å². The second kappa shape index (κ2) is 5.81. The molecule has 8 heteroatoms. The van der Waals surface area contributed by atoms with Gasteiger partial charge in [-0.15, -0.1) is 0 Å². The minimum absolute atomic E-state index is 0.0402. The average molecular weight is 282 g/mol. The van der Waals surface area contributed by atoms with Crippen LogP contribution in [0.2, 0.25) is 5.02 Å². The molecule has 0 fully saturated rings. The van der Waals surface area contributed by atoms with Crippen LogP contribution in [0.4, 0.5) is 0 Å². The minimum Gasteiger partial charge on any atom is -0.396 e. The van der Waals surface area contributed by atoms with Crippen molar-refractivity contribution in [3.8, 4) is 0 Å². The highest BCUT2D eigenvalue weighted by Gasteiger charge is 2.24. The molecular weight excluding hydrogens is 266 g/mol. The summed E-state index contributed by atoms with van der Waals surface area (Å²) in [5.41, 5.74) is 0. The van der Waals surface area contributed by atoms with Crippen molar-refractivity contribution in [2.45, 2.75) is 30.8 Å². The van der Waals surface area contributed by atoms with E-state index in [0.717, 1.165) is 0 Å². The molecule has 98 valence electrons. The van der Waals surface area contributed by atoms with E-state index in [1.54, 1.807) is 6.92 Å². The molecule has 0 saturated heterocycles. The second-order valence-corrected chi connectivity index (χ2v) is 5.85. The Balaban J connectivity index is 2.83. The molecule has 1 unspecified atom stereocenters. The number of nitrogens with zero attached hydrogens (tertiary/aromatic N) is 2. The highest BCUT2D eigenvalue weighted by molar-refractivity contribution is 7.89. The van der Waals surface area contributed by atoms with Crippen LogP contribution in [-0.2, 0) is 17.1 Å². The van der Waals surface area contributed by atoms with E-state index in [-0.39, 0.29) is 22.7 Å². The normalized spacial score (nSPS) is 13.9. The maximum absolute atomic E-state index is 12.0. The van der Waals surface area contributed by atoms with Gasteiger partial charge in [-0.05, 0) is 19.8 Å². The van der Waals surface area contributed by atoms with E-state index in [1.807, 2.05) is 0 Å². The van der Waals surface area contributed by atoms with Gasteiger partial charge in [0.2, 0.25) is 0 Å². The Morgan fingerprint density at radius 3 is 2.76 bits per heavy atom. The molecule has 1 aromatic rings. The van der Waals surface area contributed by atoms with Crippen molar-refractivity contribution in [1.82, 2.24) is 14.5 Å². The van der Waals surface area contributed by atoms with Crippen LogP contribution in [0, 0.1) is 0 Å². The van der Waals surface area contributed by atoms with E-state index in [4.69, 9.17) is 16.7 Å². The minimum atomic E-state index is -3.67. The Kier molecular flexibility index (Phi) is 4.93. The lowest BCUT2D eigenvalue weighted by Gasteiger charge is -2.13. The number of hydrogen-bond donors (Lipinski definition) is 2. The van der Waals surface area contributed by atoms with Crippen molar-refractivity contribution in [2.75, 3.05) is 6.61 Å². The Hall–Kier alpha value is -0.630. The number of aliphatic hydroxyl groups is 1. The zero-order valence-electron chi connectivity index (χ0n) is 9.72. The van der Waals surface area contributed by atoms with Crippen LogP contribution in [0.25, 0.3) is 0 Å². The van der Waals surface area contributed by atoms with Gasteiger partial charge in [0.1, 0.15) is 0 Å². The van der Waals surface area contributed by atoms with E-state index >= 15 is 0 Å². The number of aliphatic hydroxyl groups excluding tert-OH is 1. The SMILES string of the molecule is CC(CCCO)NS(=O)(=O)c1c(Cl)cnn1C. The Morgan fingerprint density at radius 2 is 2.29 bits per heavy atom. The van der Waals surface area contributed by atoms with Gasteiger partial charge in [-0.25, -0.2) is 13.1 Å². The van der Waals surface area contributed by atoms with Crippen molar-refractivity contribution in [3.05, 3.63) is 11.2 Å². The maximum Gasteiger partial charge on any atom is 0.259 e. The highest BCUT2D eigenvalue weighted by atomic mass is 35.5. The van der Waals surface area contributed by atoms with Gasteiger partial charge in [0, 0.05) is 19.7 Å². The van der Waals surface area contributed by atoms with Gasteiger partial charge in [0.25, 0.3) is 10.0 Å². The van der Waals surface area contributed by atoms with Crippen molar-refractivity contribution < 1.29 is 13.5 Å².